The molecule has 0 aliphatic heterocycles. The third kappa shape index (κ3) is 5.62. The lowest BCUT2D eigenvalue weighted by atomic mass is 10.1. The molecule has 0 radical (unpaired) electrons. The topological polar surface area (TPSA) is 79.3 Å². The van der Waals surface area contributed by atoms with E-state index < -0.39 is 40.2 Å². The maximum atomic E-state index is 12.4. The molecule has 0 aromatic carbocycles. The van der Waals surface area contributed by atoms with Gasteiger partial charge in [0.05, 0.1) is 5.56 Å². The molecule has 1 amide bonds. The van der Waals surface area contributed by atoms with Crippen LogP contribution < -0.4 is 5.32 Å². The number of alkyl halides is 3. The fourth-order valence-electron chi connectivity index (χ4n) is 1.54. The van der Waals surface area contributed by atoms with Crippen LogP contribution in [0.2, 0.25) is 0 Å². The summed E-state index contributed by atoms with van der Waals surface area (Å²) in [6, 6.07) is 1.33. The van der Waals surface area contributed by atoms with Crippen molar-refractivity contribution in [2.24, 2.45) is 0 Å². The molecule has 1 unspecified atom stereocenters. The first kappa shape index (κ1) is 17.3. The van der Waals surface area contributed by atoms with Crippen LogP contribution in [0.5, 0.6) is 0 Å². The maximum Gasteiger partial charge on any atom is 0.447 e. The highest BCUT2D eigenvalue weighted by molar-refractivity contribution is 8.00. The van der Waals surface area contributed by atoms with E-state index in [1.54, 1.807) is 6.92 Å². The van der Waals surface area contributed by atoms with Gasteiger partial charge in [0, 0.05) is 18.0 Å². The number of hydrogen-bond donors (Lipinski definition) is 2. The minimum absolute atomic E-state index is 0.184. The summed E-state index contributed by atoms with van der Waals surface area (Å²) in [6.45, 7) is 1.73. The number of carboxylic acids is 1. The number of halogens is 3. The first-order valence-electron chi connectivity index (χ1n) is 5.99. The van der Waals surface area contributed by atoms with Crippen molar-refractivity contribution in [1.29, 1.82) is 0 Å². The molecule has 0 aliphatic rings. The second-order valence-corrected chi connectivity index (χ2v) is 5.11. The minimum atomic E-state index is -4.58. The number of pyridine rings is 1. The van der Waals surface area contributed by atoms with Gasteiger partial charge >= 0.3 is 11.5 Å². The van der Waals surface area contributed by atoms with E-state index in [0.717, 1.165) is 6.20 Å². The predicted octanol–water partition coefficient (Wildman–Crippen LogP) is 2.68. The van der Waals surface area contributed by atoms with Crippen molar-refractivity contribution in [2.75, 3.05) is 0 Å². The number of amides is 1. The number of nitrogens with one attached hydrogen (secondary N) is 1. The van der Waals surface area contributed by atoms with Crippen molar-refractivity contribution in [3.63, 3.8) is 0 Å². The zero-order chi connectivity index (χ0) is 16.0. The Morgan fingerprint density at radius 1 is 1.48 bits per heavy atom. The van der Waals surface area contributed by atoms with Gasteiger partial charge in [-0.25, -0.2) is 9.78 Å². The maximum absolute atomic E-state index is 12.4. The van der Waals surface area contributed by atoms with Crippen LogP contribution in [0.4, 0.5) is 13.2 Å². The van der Waals surface area contributed by atoms with Gasteiger partial charge in [-0.3, -0.25) is 4.79 Å². The number of hydrogen-bond acceptors (Lipinski definition) is 4. The van der Waals surface area contributed by atoms with E-state index in [0.29, 0.717) is 6.42 Å². The Labute approximate surface area is 122 Å². The minimum Gasteiger partial charge on any atom is -0.480 e. The standard InChI is InChI=1S/C12H13F3N2O3S/c1-2-4-8(11(19)20)17-9(18)7-5-3-6-16-10(7)21-12(13,14)15/h3,5-6,8H,2,4H2,1H3,(H,17,18)(H,19,20). The second-order valence-electron chi connectivity index (χ2n) is 4.06. The van der Waals surface area contributed by atoms with Crippen molar-refractivity contribution in [3.05, 3.63) is 23.9 Å². The summed E-state index contributed by atoms with van der Waals surface area (Å²) in [5.41, 5.74) is -4.89. The molecule has 9 heteroatoms. The third-order valence-electron chi connectivity index (χ3n) is 2.41. The number of thioether (sulfide) groups is 1. The van der Waals surface area contributed by atoms with Crippen LogP contribution in [0, 0.1) is 0 Å². The summed E-state index contributed by atoms with van der Waals surface area (Å²) in [5, 5.41) is 10.6. The first-order chi connectivity index (χ1) is 9.74. The van der Waals surface area contributed by atoms with Crippen molar-refractivity contribution < 1.29 is 27.9 Å². The SMILES string of the molecule is CCCC(NC(=O)c1cccnc1SC(F)(F)F)C(=O)O. The molecular formula is C12H13F3N2O3S. The number of carbonyl (C=O) groups is 2. The van der Waals surface area contributed by atoms with Gasteiger partial charge in [0.15, 0.2) is 0 Å². The molecule has 2 N–H and O–H groups in total. The van der Waals surface area contributed by atoms with Gasteiger partial charge in [-0.15, -0.1) is 0 Å². The quantitative estimate of drug-likeness (QED) is 0.787. The number of aromatic nitrogens is 1. The van der Waals surface area contributed by atoms with Crippen molar-refractivity contribution >= 4 is 23.6 Å². The molecule has 1 aromatic heterocycles. The number of carbonyl (C=O) groups excluding carboxylic acids is 1. The van der Waals surface area contributed by atoms with E-state index in [4.69, 9.17) is 5.11 Å². The molecule has 0 bridgehead atoms. The van der Waals surface area contributed by atoms with Crippen LogP contribution in [0.15, 0.2) is 23.4 Å². The van der Waals surface area contributed by atoms with Crippen molar-refractivity contribution in [1.82, 2.24) is 10.3 Å². The first-order valence-corrected chi connectivity index (χ1v) is 6.80. The van der Waals surface area contributed by atoms with Gasteiger partial charge in [-0.05, 0) is 18.6 Å². The zero-order valence-corrected chi connectivity index (χ0v) is 11.8. The van der Waals surface area contributed by atoms with Gasteiger partial charge in [0.1, 0.15) is 11.1 Å². The Bertz CT molecular complexity index is 523. The average Bonchev–Trinajstić information content (AvgIpc) is 2.36. The van der Waals surface area contributed by atoms with Gasteiger partial charge in [0.2, 0.25) is 0 Å². The predicted molar refractivity (Wildman–Crippen MR) is 69.9 cm³/mol. The van der Waals surface area contributed by atoms with Crippen LogP contribution in [0.25, 0.3) is 0 Å². The molecule has 0 aliphatic carbocycles. The van der Waals surface area contributed by atoms with E-state index in [9.17, 15) is 22.8 Å². The van der Waals surface area contributed by atoms with Gasteiger partial charge in [-0.1, -0.05) is 13.3 Å². The Morgan fingerprint density at radius 3 is 2.67 bits per heavy atom. The monoisotopic (exact) mass is 322 g/mol. The highest BCUT2D eigenvalue weighted by Crippen LogP contribution is 2.37. The largest absolute Gasteiger partial charge is 0.480 e. The van der Waals surface area contributed by atoms with Gasteiger partial charge < -0.3 is 10.4 Å². The molecule has 1 atom stereocenters. The molecule has 1 rings (SSSR count). The van der Waals surface area contributed by atoms with Crippen LogP contribution in [0.1, 0.15) is 30.1 Å². The van der Waals surface area contributed by atoms with Crippen LogP contribution in [-0.2, 0) is 4.79 Å². The van der Waals surface area contributed by atoms with E-state index in [1.165, 1.54) is 12.1 Å². The molecule has 0 spiro atoms. The van der Waals surface area contributed by atoms with Crippen molar-refractivity contribution in [2.45, 2.75) is 36.3 Å². The fraction of sp³-hybridized carbons (Fsp3) is 0.417. The van der Waals surface area contributed by atoms with Gasteiger partial charge in [-0.2, -0.15) is 13.2 Å². The summed E-state index contributed by atoms with van der Waals surface area (Å²) >= 11 is -0.515. The second kappa shape index (κ2) is 7.30. The molecule has 1 heterocycles. The van der Waals surface area contributed by atoms with E-state index in [-0.39, 0.29) is 12.0 Å². The lowest BCUT2D eigenvalue weighted by Crippen LogP contribution is -2.40. The Balaban J connectivity index is 2.94. The molecule has 0 saturated heterocycles. The Kier molecular flexibility index (Phi) is 6.01. The highest BCUT2D eigenvalue weighted by atomic mass is 32.2. The summed E-state index contributed by atoms with van der Waals surface area (Å²) < 4.78 is 37.2. The molecule has 0 saturated carbocycles. The smallest absolute Gasteiger partial charge is 0.447 e. The van der Waals surface area contributed by atoms with Crippen LogP contribution >= 0.6 is 11.8 Å². The fourth-order valence-corrected chi connectivity index (χ4v) is 2.14. The van der Waals surface area contributed by atoms with Crippen LogP contribution in [0.3, 0.4) is 0 Å². The third-order valence-corrected chi connectivity index (χ3v) is 3.16. The number of rotatable bonds is 6. The van der Waals surface area contributed by atoms with E-state index in [2.05, 4.69) is 10.3 Å². The molecule has 5 nitrogen and oxygen atoms in total. The summed E-state index contributed by atoms with van der Waals surface area (Å²) in [6.07, 6.45) is 1.82. The molecular weight excluding hydrogens is 309 g/mol. The van der Waals surface area contributed by atoms with Gasteiger partial charge in [0.25, 0.3) is 5.91 Å². The van der Waals surface area contributed by atoms with Crippen molar-refractivity contribution in [3.8, 4) is 0 Å². The summed E-state index contributed by atoms with van der Waals surface area (Å²) in [4.78, 5) is 26.4. The average molecular weight is 322 g/mol. The lowest BCUT2D eigenvalue weighted by Gasteiger charge is -2.15. The summed E-state index contributed by atoms with van der Waals surface area (Å²) in [7, 11) is 0. The molecule has 21 heavy (non-hydrogen) atoms. The lowest BCUT2D eigenvalue weighted by molar-refractivity contribution is -0.139. The zero-order valence-electron chi connectivity index (χ0n) is 11.0. The van der Waals surface area contributed by atoms with E-state index >= 15 is 0 Å². The number of aliphatic carboxylic acids is 1. The Morgan fingerprint density at radius 2 is 2.14 bits per heavy atom. The summed E-state index contributed by atoms with van der Waals surface area (Å²) in [5.74, 6) is -2.13. The molecule has 1 aromatic rings. The molecule has 0 fully saturated rings. The van der Waals surface area contributed by atoms with Crippen LogP contribution in [-0.4, -0.2) is 33.5 Å². The van der Waals surface area contributed by atoms with E-state index in [1.807, 2.05) is 0 Å². The molecule has 116 valence electrons. The Hall–Kier alpha value is -1.77. The number of nitrogens with zero attached hydrogens (tertiary/aromatic N) is 1. The number of carboxylic acid groups (broad SMARTS) is 1. The highest BCUT2D eigenvalue weighted by Gasteiger charge is 2.32. The normalized spacial score (nSPS) is 12.8.